The third-order valence-corrected chi connectivity index (χ3v) is 5.87. The van der Waals surface area contributed by atoms with Gasteiger partial charge < -0.3 is 15.4 Å². The molecular formula is C20H24N4O3S. The summed E-state index contributed by atoms with van der Waals surface area (Å²) in [5, 5.41) is 11.2. The van der Waals surface area contributed by atoms with E-state index in [0.717, 1.165) is 55.0 Å². The fraction of sp³-hybridized carbons (Fsp3) is 0.450. The van der Waals surface area contributed by atoms with Gasteiger partial charge in [0.15, 0.2) is 5.13 Å². The molecule has 0 bridgehead atoms. The van der Waals surface area contributed by atoms with Crippen molar-refractivity contribution in [2.24, 2.45) is 5.92 Å². The van der Waals surface area contributed by atoms with Gasteiger partial charge in [-0.15, -0.1) is 11.3 Å². The van der Waals surface area contributed by atoms with Crippen LogP contribution < -0.4 is 16.0 Å². The Morgan fingerprint density at radius 1 is 1.43 bits per heavy atom. The Labute approximate surface area is 167 Å². The highest BCUT2D eigenvalue weighted by atomic mass is 32.1. The average Bonchev–Trinajstić information content (AvgIpc) is 3.33. The summed E-state index contributed by atoms with van der Waals surface area (Å²) < 4.78 is 5.39. The molecule has 0 aliphatic carbocycles. The van der Waals surface area contributed by atoms with Gasteiger partial charge in [0.1, 0.15) is 0 Å². The maximum atomic E-state index is 12.2. The third-order valence-electron chi connectivity index (χ3n) is 5.11. The summed E-state index contributed by atoms with van der Waals surface area (Å²) in [6, 6.07) is 5.76. The minimum absolute atomic E-state index is 0.0566. The van der Waals surface area contributed by atoms with Crippen LogP contribution in [0.1, 0.15) is 31.7 Å². The zero-order valence-electron chi connectivity index (χ0n) is 15.8. The van der Waals surface area contributed by atoms with Gasteiger partial charge in [-0.2, -0.15) is 0 Å². The van der Waals surface area contributed by atoms with Gasteiger partial charge >= 0.3 is 6.03 Å². The molecule has 1 fully saturated rings. The first-order valence-corrected chi connectivity index (χ1v) is 10.5. The Morgan fingerprint density at radius 3 is 3.14 bits per heavy atom. The zero-order chi connectivity index (χ0) is 19.5. The second-order valence-corrected chi connectivity index (χ2v) is 8.28. The fourth-order valence-corrected chi connectivity index (χ4v) is 4.41. The molecule has 1 saturated heterocycles. The van der Waals surface area contributed by atoms with Crippen LogP contribution in [0.2, 0.25) is 0 Å². The molecular weight excluding hydrogens is 376 g/mol. The number of hydrogen-bond donors (Lipinski definition) is 3. The molecule has 0 spiro atoms. The summed E-state index contributed by atoms with van der Waals surface area (Å²) in [7, 11) is 0. The van der Waals surface area contributed by atoms with E-state index < -0.39 is 0 Å². The minimum Gasteiger partial charge on any atom is -0.381 e. The topological polar surface area (TPSA) is 92.3 Å². The fourth-order valence-electron chi connectivity index (χ4n) is 3.69. The second-order valence-electron chi connectivity index (χ2n) is 7.42. The van der Waals surface area contributed by atoms with E-state index >= 15 is 0 Å². The molecule has 2 aliphatic heterocycles. The third kappa shape index (κ3) is 4.51. The first-order valence-electron chi connectivity index (χ1n) is 9.61. The standard InChI is InChI=1S/C20H24N4O3S/c1-12(8-13-6-7-27-10-13)21-19(26)24-20-23-17(11-28-20)15-2-4-16-14(9-15)3-5-18(25)22-16/h2,4,9,11-13H,3,5-8,10H2,1H3,(H,22,25)(H2,21,23,24,26). The van der Waals surface area contributed by atoms with Crippen molar-refractivity contribution in [1.82, 2.24) is 10.3 Å². The SMILES string of the molecule is CC(CC1CCOC1)NC(=O)Nc1nc(-c2ccc3c(c2)CCC(=O)N3)cs1. The number of urea groups is 1. The van der Waals surface area contributed by atoms with Crippen LogP contribution in [0.25, 0.3) is 11.3 Å². The number of nitrogens with zero attached hydrogens (tertiary/aromatic N) is 1. The van der Waals surface area contributed by atoms with Crippen LogP contribution >= 0.6 is 11.3 Å². The van der Waals surface area contributed by atoms with E-state index in [4.69, 9.17) is 4.74 Å². The molecule has 3 heterocycles. The molecule has 4 rings (SSSR count). The maximum Gasteiger partial charge on any atom is 0.321 e. The Bertz CT molecular complexity index is 876. The Balaban J connectivity index is 1.35. The number of carbonyl (C=O) groups is 2. The van der Waals surface area contributed by atoms with Crippen LogP contribution in [-0.2, 0) is 16.0 Å². The highest BCUT2D eigenvalue weighted by Crippen LogP contribution is 2.30. The van der Waals surface area contributed by atoms with E-state index in [1.54, 1.807) is 0 Å². The maximum absolute atomic E-state index is 12.2. The molecule has 2 aliphatic rings. The van der Waals surface area contributed by atoms with Gasteiger partial charge in [-0.25, -0.2) is 9.78 Å². The number of carbonyl (C=O) groups excluding carboxylic acids is 2. The van der Waals surface area contributed by atoms with E-state index in [2.05, 4.69) is 27.0 Å². The van der Waals surface area contributed by atoms with Gasteiger partial charge in [0, 0.05) is 42.3 Å². The predicted molar refractivity (Wildman–Crippen MR) is 110 cm³/mol. The monoisotopic (exact) mass is 400 g/mol. The number of rotatable bonds is 5. The number of aromatic nitrogens is 1. The van der Waals surface area contributed by atoms with Crippen molar-refractivity contribution in [3.63, 3.8) is 0 Å². The van der Waals surface area contributed by atoms with Gasteiger partial charge in [0.05, 0.1) is 5.69 Å². The molecule has 2 aromatic rings. The highest BCUT2D eigenvalue weighted by Gasteiger charge is 2.20. The Morgan fingerprint density at radius 2 is 2.32 bits per heavy atom. The molecule has 148 valence electrons. The lowest BCUT2D eigenvalue weighted by Crippen LogP contribution is -2.37. The number of aryl methyl sites for hydroxylation is 1. The van der Waals surface area contributed by atoms with Crippen LogP contribution in [0.3, 0.4) is 0 Å². The van der Waals surface area contributed by atoms with Crippen molar-refractivity contribution < 1.29 is 14.3 Å². The normalized spacial score (nSPS) is 19.6. The molecule has 2 unspecified atom stereocenters. The van der Waals surface area contributed by atoms with Gasteiger partial charge in [0.25, 0.3) is 0 Å². The highest BCUT2D eigenvalue weighted by molar-refractivity contribution is 7.14. The molecule has 2 atom stereocenters. The molecule has 1 aromatic carbocycles. The molecule has 0 saturated carbocycles. The summed E-state index contributed by atoms with van der Waals surface area (Å²) >= 11 is 1.40. The molecule has 28 heavy (non-hydrogen) atoms. The molecule has 7 nitrogen and oxygen atoms in total. The van der Waals surface area contributed by atoms with Crippen molar-refractivity contribution in [2.75, 3.05) is 23.8 Å². The molecule has 3 amide bonds. The summed E-state index contributed by atoms with van der Waals surface area (Å²) in [6.07, 6.45) is 3.22. The van der Waals surface area contributed by atoms with E-state index in [1.807, 2.05) is 24.4 Å². The summed E-state index contributed by atoms with van der Waals surface area (Å²) in [5.74, 6) is 0.580. The largest absolute Gasteiger partial charge is 0.381 e. The first kappa shape index (κ1) is 18.9. The van der Waals surface area contributed by atoms with Gasteiger partial charge in [-0.3, -0.25) is 10.1 Å². The summed E-state index contributed by atoms with van der Waals surface area (Å²) in [5.41, 5.74) is 3.78. The number of anilines is 2. The number of thiazole rings is 1. The summed E-state index contributed by atoms with van der Waals surface area (Å²) in [6.45, 7) is 3.62. The van der Waals surface area contributed by atoms with Crippen molar-refractivity contribution in [3.05, 3.63) is 29.1 Å². The number of benzene rings is 1. The smallest absolute Gasteiger partial charge is 0.321 e. The second kappa shape index (κ2) is 8.28. The van der Waals surface area contributed by atoms with Crippen LogP contribution in [0.15, 0.2) is 23.6 Å². The average molecular weight is 401 g/mol. The number of nitrogens with one attached hydrogen (secondary N) is 3. The molecule has 3 N–H and O–H groups in total. The Hall–Kier alpha value is -2.45. The summed E-state index contributed by atoms with van der Waals surface area (Å²) in [4.78, 5) is 28.3. The predicted octanol–water partition coefficient (Wildman–Crippen LogP) is 3.63. The lowest BCUT2D eigenvalue weighted by Gasteiger charge is -2.17. The van der Waals surface area contributed by atoms with Crippen molar-refractivity contribution >= 4 is 34.1 Å². The van der Waals surface area contributed by atoms with Crippen molar-refractivity contribution in [1.29, 1.82) is 0 Å². The molecule has 0 radical (unpaired) electrons. The number of fused-ring (bicyclic) bond motifs is 1. The minimum atomic E-state index is -0.236. The van der Waals surface area contributed by atoms with Gasteiger partial charge in [-0.1, -0.05) is 6.07 Å². The zero-order valence-corrected chi connectivity index (χ0v) is 16.6. The van der Waals surface area contributed by atoms with E-state index in [-0.39, 0.29) is 18.0 Å². The van der Waals surface area contributed by atoms with Gasteiger partial charge in [-0.05, 0) is 49.8 Å². The first-order chi connectivity index (χ1) is 13.6. The lowest BCUT2D eigenvalue weighted by molar-refractivity contribution is -0.116. The number of amides is 3. The quantitative estimate of drug-likeness (QED) is 0.715. The van der Waals surface area contributed by atoms with Crippen LogP contribution in [0, 0.1) is 5.92 Å². The lowest BCUT2D eigenvalue weighted by atomic mass is 9.99. The van der Waals surface area contributed by atoms with Gasteiger partial charge in [0.2, 0.25) is 5.91 Å². The number of ether oxygens (including phenoxy) is 1. The van der Waals surface area contributed by atoms with Crippen LogP contribution in [0.5, 0.6) is 0 Å². The van der Waals surface area contributed by atoms with Crippen LogP contribution in [0.4, 0.5) is 15.6 Å². The number of hydrogen-bond acceptors (Lipinski definition) is 5. The van der Waals surface area contributed by atoms with Crippen LogP contribution in [-0.4, -0.2) is 36.2 Å². The van der Waals surface area contributed by atoms with E-state index in [9.17, 15) is 9.59 Å². The molecule has 8 heteroatoms. The van der Waals surface area contributed by atoms with Crippen molar-refractivity contribution in [3.8, 4) is 11.3 Å². The van der Waals surface area contributed by atoms with E-state index in [0.29, 0.717) is 17.5 Å². The van der Waals surface area contributed by atoms with Crippen molar-refractivity contribution in [2.45, 2.75) is 38.6 Å². The Kier molecular flexibility index (Phi) is 5.59. The molecule has 1 aromatic heterocycles. The van der Waals surface area contributed by atoms with E-state index in [1.165, 1.54) is 11.3 Å².